The first-order valence-electron chi connectivity index (χ1n) is 11.1. The van der Waals surface area contributed by atoms with Crippen LogP contribution in [0.25, 0.3) is 10.8 Å². The van der Waals surface area contributed by atoms with Gasteiger partial charge in [-0.1, -0.05) is 60.7 Å². The van der Waals surface area contributed by atoms with Gasteiger partial charge in [0.05, 0.1) is 5.75 Å². The molecule has 2 N–H and O–H groups in total. The second kappa shape index (κ2) is 9.66. The highest BCUT2D eigenvalue weighted by atomic mass is 79.9. The molecule has 3 aromatic rings. The van der Waals surface area contributed by atoms with Crippen molar-refractivity contribution in [1.82, 2.24) is 9.98 Å². The number of carboxylic acid groups (broad SMARTS) is 1. The number of rotatable bonds is 8. The summed E-state index contributed by atoms with van der Waals surface area (Å²) >= 11 is 4.81. The zero-order chi connectivity index (χ0) is 23.7. The molecule has 2 aliphatic rings. The van der Waals surface area contributed by atoms with Crippen LogP contribution >= 0.6 is 27.7 Å². The van der Waals surface area contributed by atoms with Crippen LogP contribution in [-0.4, -0.2) is 38.7 Å². The third-order valence-corrected chi connectivity index (χ3v) is 7.48. The normalized spacial score (nSPS) is 15.9. The number of anilines is 1. The van der Waals surface area contributed by atoms with Crippen LogP contribution in [0.3, 0.4) is 0 Å². The molecular weight excluding hydrogens is 514 g/mol. The molecule has 0 spiro atoms. The van der Waals surface area contributed by atoms with Gasteiger partial charge in [0, 0.05) is 27.7 Å². The summed E-state index contributed by atoms with van der Waals surface area (Å²) in [6.07, 6.45) is 2.71. The summed E-state index contributed by atoms with van der Waals surface area (Å²) in [5.74, 6) is -0.671. The molecule has 1 saturated carbocycles. The third-order valence-electron chi connectivity index (χ3n) is 6.00. The van der Waals surface area contributed by atoms with E-state index in [0.717, 1.165) is 16.6 Å². The Labute approximate surface area is 209 Å². The zero-order valence-electron chi connectivity index (χ0n) is 18.3. The van der Waals surface area contributed by atoms with E-state index in [9.17, 15) is 14.7 Å². The Balaban J connectivity index is 1.27. The molecule has 34 heavy (non-hydrogen) atoms. The summed E-state index contributed by atoms with van der Waals surface area (Å²) in [5, 5.41) is 15.3. The molecule has 8 heteroatoms. The number of aliphatic carboxylic acids is 1. The van der Waals surface area contributed by atoms with E-state index in [0.29, 0.717) is 15.8 Å². The molecule has 1 aliphatic heterocycles. The molecule has 1 aliphatic carbocycles. The fraction of sp³-hybridized carbons (Fsp3) is 0.231. The number of carbonyl (C=O) groups is 2. The van der Waals surface area contributed by atoms with Crippen LogP contribution in [0.4, 0.5) is 5.69 Å². The number of nitrogens with one attached hydrogen (secondary N) is 1. The molecule has 1 unspecified atom stereocenters. The Morgan fingerprint density at radius 3 is 2.44 bits per heavy atom. The van der Waals surface area contributed by atoms with Gasteiger partial charge in [-0.3, -0.25) is 4.79 Å². The second-order valence-corrected chi connectivity index (χ2v) is 10.1. The summed E-state index contributed by atoms with van der Waals surface area (Å²) in [7, 11) is 0. The highest BCUT2D eigenvalue weighted by molar-refractivity contribution is 9.18. The minimum Gasteiger partial charge on any atom is -0.480 e. The predicted molar refractivity (Wildman–Crippen MR) is 142 cm³/mol. The topological polar surface area (TPSA) is 83.7 Å². The van der Waals surface area contributed by atoms with Gasteiger partial charge in [0.1, 0.15) is 11.7 Å². The first-order chi connectivity index (χ1) is 16.5. The van der Waals surface area contributed by atoms with Gasteiger partial charge >= 0.3 is 15.9 Å². The Morgan fingerprint density at radius 1 is 1.06 bits per heavy atom. The second-order valence-electron chi connectivity index (χ2n) is 8.43. The molecule has 0 saturated heterocycles. The highest BCUT2D eigenvalue weighted by Gasteiger charge is 2.38. The summed E-state index contributed by atoms with van der Waals surface area (Å²) in [6, 6.07) is 21.0. The molecule has 1 heterocycles. The number of benzene rings is 3. The lowest BCUT2D eigenvalue weighted by Gasteiger charge is -2.21. The van der Waals surface area contributed by atoms with Crippen molar-refractivity contribution in [2.75, 3.05) is 10.7 Å². The maximum atomic E-state index is 12.6. The van der Waals surface area contributed by atoms with E-state index in [1.54, 1.807) is 0 Å². The van der Waals surface area contributed by atoms with Gasteiger partial charge in [0.15, 0.2) is 0 Å². The minimum atomic E-state index is -1.05. The quantitative estimate of drug-likeness (QED) is 0.332. The monoisotopic (exact) mass is 536 g/mol. The number of amidine groups is 2. The SMILES string of the molecule is O=C(CSC1=[N+]=C(Br)N1c1ccc(C2CC2)c2ccccc12)NC(Cc1ccccc1)C(=O)O. The van der Waals surface area contributed by atoms with E-state index in [1.807, 2.05) is 41.3 Å². The van der Waals surface area contributed by atoms with Crippen LogP contribution in [0.15, 0.2) is 66.7 Å². The fourth-order valence-electron chi connectivity index (χ4n) is 4.18. The van der Waals surface area contributed by atoms with E-state index >= 15 is 0 Å². The minimum absolute atomic E-state index is 0.0757. The number of hydrogen-bond acceptors (Lipinski definition) is 4. The molecule has 0 radical (unpaired) electrons. The average Bonchev–Trinajstić information content (AvgIpc) is 3.67. The lowest BCUT2D eigenvalue weighted by atomic mass is 9.99. The van der Waals surface area contributed by atoms with Crippen molar-refractivity contribution in [3.05, 3.63) is 77.9 Å². The van der Waals surface area contributed by atoms with Gasteiger partial charge in [0.25, 0.3) is 0 Å². The molecule has 5 rings (SSSR count). The van der Waals surface area contributed by atoms with Crippen molar-refractivity contribution in [2.45, 2.75) is 31.2 Å². The average molecular weight is 537 g/mol. The molecular formula is C26H23BrN3O3S+. The summed E-state index contributed by atoms with van der Waals surface area (Å²) in [5.41, 5.74) is 3.26. The maximum Gasteiger partial charge on any atom is 0.369 e. The van der Waals surface area contributed by atoms with E-state index in [4.69, 9.17) is 0 Å². The van der Waals surface area contributed by atoms with Gasteiger partial charge in [-0.25, -0.2) is 9.46 Å². The number of carbonyl (C=O) groups excluding carboxylic acids is 1. The molecule has 3 aromatic carbocycles. The smallest absolute Gasteiger partial charge is 0.369 e. The lowest BCUT2D eigenvalue weighted by molar-refractivity contribution is -0.141. The van der Waals surface area contributed by atoms with E-state index in [-0.39, 0.29) is 18.1 Å². The molecule has 6 nitrogen and oxygen atoms in total. The molecule has 172 valence electrons. The Bertz CT molecular complexity index is 1330. The van der Waals surface area contributed by atoms with E-state index in [1.165, 1.54) is 35.6 Å². The van der Waals surface area contributed by atoms with E-state index in [2.05, 4.69) is 56.2 Å². The Morgan fingerprint density at radius 2 is 1.76 bits per heavy atom. The number of halogens is 1. The Kier molecular flexibility index (Phi) is 6.46. The number of fused-ring (bicyclic) bond motifs is 1. The first kappa shape index (κ1) is 22.7. The summed E-state index contributed by atoms with van der Waals surface area (Å²) in [4.78, 5) is 26.2. The largest absolute Gasteiger partial charge is 0.480 e. The van der Waals surface area contributed by atoms with Crippen molar-refractivity contribution >= 4 is 65.9 Å². The molecule has 1 fully saturated rings. The van der Waals surface area contributed by atoms with Crippen molar-refractivity contribution in [3.8, 4) is 0 Å². The van der Waals surface area contributed by atoms with Gasteiger partial charge in [0.2, 0.25) is 5.91 Å². The van der Waals surface area contributed by atoms with Gasteiger partial charge in [-0.15, -0.1) is 0 Å². The van der Waals surface area contributed by atoms with Crippen molar-refractivity contribution in [3.63, 3.8) is 0 Å². The summed E-state index contributed by atoms with van der Waals surface area (Å²) in [6.45, 7) is 0. The molecule has 0 aromatic heterocycles. The first-order valence-corrected chi connectivity index (χ1v) is 12.9. The molecule has 1 amide bonds. The van der Waals surface area contributed by atoms with Crippen LogP contribution in [0.1, 0.15) is 29.9 Å². The third kappa shape index (κ3) is 4.75. The number of thioether (sulfide) groups is 1. The van der Waals surface area contributed by atoms with Crippen LogP contribution in [0.2, 0.25) is 0 Å². The van der Waals surface area contributed by atoms with Crippen molar-refractivity contribution in [2.24, 2.45) is 0 Å². The van der Waals surface area contributed by atoms with Crippen LogP contribution in [0.5, 0.6) is 0 Å². The highest BCUT2D eigenvalue weighted by Crippen LogP contribution is 2.45. The van der Waals surface area contributed by atoms with Crippen LogP contribution < -0.4 is 14.9 Å². The Hall–Kier alpha value is -3.06. The standard InChI is InChI=1S/C26H22BrN3O3S/c27-25-29-26(34-15-23(31)28-21(24(32)33)14-16-6-2-1-3-7-16)30(25)22-13-12-18(17-10-11-17)19-8-4-5-9-20(19)22/h1-9,12-13,17,21H,10-11,14-15H2,(H-,28,31,32,33)/p+1. The fourth-order valence-corrected chi connectivity index (χ4v) is 5.75. The number of hydrogen-bond donors (Lipinski definition) is 2. The summed E-state index contributed by atoms with van der Waals surface area (Å²) < 4.78 is 5.14. The predicted octanol–water partition coefficient (Wildman–Crippen LogP) is 4.26. The van der Waals surface area contributed by atoms with E-state index < -0.39 is 12.0 Å². The maximum absolute atomic E-state index is 12.6. The van der Waals surface area contributed by atoms with Crippen LogP contribution in [-0.2, 0) is 16.0 Å². The zero-order valence-corrected chi connectivity index (χ0v) is 20.7. The van der Waals surface area contributed by atoms with Crippen molar-refractivity contribution in [1.29, 1.82) is 0 Å². The number of carboxylic acids is 1. The number of nitrogens with zero attached hydrogens (tertiary/aromatic N) is 2. The molecule has 0 bridgehead atoms. The van der Waals surface area contributed by atoms with Crippen molar-refractivity contribution < 1.29 is 14.7 Å². The van der Waals surface area contributed by atoms with Gasteiger partial charge in [-0.05, 0) is 53.1 Å². The van der Waals surface area contributed by atoms with Gasteiger partial charge in [-0.2, -0.15) is 4.90 Å². The molecule has 1 atom stereocenters. The van der Waals surface area contributed by atoms with Crippen LogP contribution in [0, 0.1) is 0 Å². The lowest BCUT2D eigenvalue weighted by Crippen LogP contribution is -2.46. The number of amides is 1. The van der Waals surface area contributed by atoms with Gasteiger partial charge < -0.3 is 10.4 Å².